The summed E-state index contributed by atoms with van der Waals surface area (Å²) in [5.74, 6) is -0.346. The molecule has 2 aromatic carbocycles. The molecule has 29 heavy (non-hydrogen) atoms. The van der Waals surface area contributed by atoms with Crippen molar-refractivity contribution in [3.8, 4) is 5.75 Å². The Morgan fingerprint density at radius 3 is 2.69 bits per heavy atom. The van der Waals surface area contributed by atoms with Gasteiger partial charge in [0, 0.05) is 35.3 Å². The molecule has 0 bridgehead atoms. The molecule has 0 aliphatic heterocycles. The number of esters is 1. The van der Waals surface area contributed by atoms with E-state index in [0.29, 0.717) is 42.3 Å². The predicted molar refractivity (Wildman–Crippen MR) is 112 cm³/mol. The Kier molecular flexibility index (Phi) is 7.14. The monoisotopic (exact) mass is 417 g/mol. The number of carbonyl (C=O) groups excluding carboxylic acids is 1. The van der Waals surface area contributed by atoms with E-state index in [-0.39, 0.29) is 12.4 Å². The third-order valence-electron chi connectivity index (χ3n) is 4.71. The van der Waals surface area contributed by atoms with Crippen LogP contribution in [0.2, 0.25) is 5.02 Å². The van der Waals surface area contributed by atoms with Crippen LogP contribution in [0.5, 0.6) is 5.75 Å². The first-order valence-electron chi connectivity index (χ1n) is 9.32. The molecular weight excluding hydrogens is 394 g/mol. The highest BCUT2D eigenvalue weighted by molar-refractivity contribution is 6.31. The Hall–Kier alpha value is -2.54. The zero-order valence-corrected chi connectivity index (χ0v) is 17.2. The van der Waals surface area contributed by atoms with Crippen LogP contribution in [0.1, 0.15) is 21.6 Å². The predicted octanol–water partition coefficient (Wildman–Crippen LogP) is 4.33. The molecule has 0 spiro atoms. The maximum atomic E-state index is 12.6. The summed E-state index contributed by atoms with van der Waals surface area (Å²) in [5, 5.41) is 11.2. The normalized spacial score (nSPS) is 11.1. The van der Waals surface area contributed by atoms with E-state index >= 15 is 0 Å². The molecule has 0 radical (unpaired) electrons. The average molecular weight is 418 g/mol. The second-order valence-electron chi connectivity index (χ2n) is 6.59. The third kappa shape index (κ3) is 4.90. The number of aromatic nitrogens is 1. The highest BCUT2D eigenvalue weighted by atomic mass is 35.5. The number of benzene rings is 2. The molecule has 3 aromatic rings. The number of nitrogens with zero attached hydrogens (tertiary/aromatic N) is 1. The van der Waals surface area contributed by atoms with E-state index in [0.717, 1.165) is 16.8 Å². The van der Waals surface area contributed by atoms with E-state index in [4.69, 9.17) is 25.8 Å². The van der Waals surface area contributed by atoms with Gasteiger partial charge in [-0.25, -0.2) is 4.79 Å². The molecule has 0 aliphatic rings. The topological polar surface area (TPSA) is 69.9 Å². The molecule has 0 aliphatic carbocycles. The zero-order chi connectivity index (χ0) is 20.8. The van der Waals surface area contributed by atoms with Crippen LogP contribution in [0.4, 0.5) is 0 Å². The summed E-state index contributed by atoms with van der Waals surface area (Å²) in [6, 6.07) is 12.5. The first-order chi connectivity index (χ1) is 14.0. The van der Waals surface area contributed by atoms with Crippen LogP contribution >= 0.6 is 11.6 Å². The number of rotatable bonds is 9. The van der Waals surface area contributed by atoms with E-state index < -0.39 is 5.97 Å². The molecule has 0 saturated heterocycles. The molecule has 7 heteroatoms. The number of methoxy groups -OCH3 is 1. The maximum Gasteiger partial charge on any atom is 0.340 e. The summed E-state index contributed by atoms with van der Waals surface area (Å²) < 4.78 is 18.0. The van der Waals surface area contributed by atoms with Gasteiger partial charge in [0.1, 0.15) is 12.4 Å². The maximum absolute atomic E-state index is 12.6. The minimum Gasteiger partial charge on any atom is -0.508 e. The Bertz CT molecular complexity index is 998. The number of phenols is 1. The number of hydrogen-bond donors (Lipinski definition) is 1. The van der Waals surface area contributed by atoms with Crippen molar-refractivity contribution in [3.63, 3.8) is 0 Å². The van der Waals surface area contributed by atoms with E-state index in [2.05, 4.69) is 0 Å². The fourth-order valence-electron chi connectivity index (χ4n) is 3.26. The largest absolute Gasteiger partial charge is 0.508 e. The molecule has 3 rings (SSSR count). The Morgan fingerprint density at radius 2 is 1.93 bits per heavy atom. The summed E-state index contributed by atoms with van der Waals surface area (Å²) in [5.41, 5.74) is 2.96. The van der Waals surface area contributed by atoms with Crippen LogP contribution in [-0.2, 0) is 27.4 Å². The first-order valence-corrected chi connectivity index (χ1v) is 9.69. The van der Waals surface area contributed by atoms with Crippen LogP contribution in [0.15, 0.2) is 42.5 Å². The van der Waals surface area contributed by atoms with Crippen molar-refractivity contribution < 1.29 is 24.1 Å². The molecule has 1 N–H and O–H groups in total. The van der Waals surface area contributed by atoms with E-state index in [1.54, 1.807) is 25.3 Å². The van der Waals surface area contributed by atoms with E-state index in [1.165, 1.54) is 0 Å². The van der Waals surface area contributed by atoms with Crippen LogP contribution in [0.3, 0.4) is 0 Å². The van der Waals surface area contributed by atoms with Gasteiger partial charge in [0.25, 0.3) is 0 Å². The smallest absolute Gasteiger partial charge is 0.340 e. The molecule has 0 fully saturated rings. The first kappa shape index (κ1) is 21.2. The number of fused-ring (bicyclic) bond motifs is 1. The lowest BCUT2D eigenvalue weighted by Crippen LogP contribution is -2.12. The lowest BCUT2D eigenvalue weighted by molar-refractivity contribution is 0.0389. The van der Waals surface area contributed by atoms with Crippen molar-refractivity contribution in [3.05, 3.63) is 64.3 Å². The summed E-state index contributed by atoms with van der Waals surface area (Å²) in [6.07, 6.45) is 0. The number of aromatic hydroxyl groups is 1. The highest BCUT2D eigenvalue weighted by Gasteiger charge is 2.21. The van der Waals surface area contributed by atoms with Gasteiger partial charge in [-0.05, 0) is 36.8 Å². The lowest BCUT2D eigenvalue weighted by Gasteiger charge is -2.10. The highest BCUT2D eigenvalue weighted by Crippen LogP contribution is 2.29. The van der Waals surface area contributed by atoms with Crippen molar-refractivity contribution in [2.24, 2.45) is 0 Å². The van der Waals surface area contributed by atoms with Gasteiger partial charge in [0.2, 0.25) is 0 Å². The van der Waals surface area contributed by atoms with Crippen LogP contribution in [0, 0.1) is 6.92 Å². The summed E-state index contributed by atoms with van der Waals surface area (Å²) in [7, 11) is 1.55. The molecule has 154 valence electrons. The van der Waals surface area contributed by atoms with Gasteiger partial charge in [-0.15, -0.1) is 0 Å². The number of carbonyl (C=O) groups is 1. The van der Waals surface area contributed by atoms with Gasteiger partial charge in [-0.1, -0.05) is 29.8 Å². The zero-order valence-electron chi connectivity index (χ0n) is 16.5. The number of phenolic OH excluding ortho intramolecular Hbond substituents is 1. The van der Waals surface area contributed by atoms with Crippen molar-refractivity contribution in [2.75, 3.05) is 26.9 Å². The number of hydrogen-bond acceptors (Lipinski definition) is 5. The van der Waals surface area contributed by atoms with Crippen LogP contribution in [0.25, 0.3) is 10.9 Å². The molecule has 0 atom stereocenters. The second kappa shape index (κ2) is 9.78. The lowest BCUT2D eigenvalue weighted by atomic mass is 10.1. The summed E-state index contributed by atoms with van der Waals surface area (Å²) in [6.45, 7) is 3.74. The number of ether oxygens (including phenoxy) is 3. The average Bonchev–Trinajstić information content (AvgIpc) is 2.97. The molecule has 1 heterocycles. The van der Waals surface area contributed by atoms with Gasteiger partial charge in [0.05, 0.1) is 25.4 Å². The Morgan fingerprint density at radius 1 is 1.14 bits per heavy atom. The minimum absolute atomic E-state index is 0.0931. The standard InChI is InChI=1S/C22H24ClNO5/c1-15-21(22(26)29-12-11-27-2)18-13-17(25)7-8-20(18)24(15)9-10-28-14-16-5-3-4-6-19(16)23/h3-8,13,25H,9-12,14H2,1-2H3. The van der Waals surface area contributed by atoms with Gasteiger partial charge in [-0.3, -0.25) is 0 Å². The quantitative estimate of drug-likeness (QED) is 0.414. The molecule has 0 amide bonds. The minimum atomic E-state index is -0.439. The Balaban J connectivity index is 1.77. The molecule has 1 aromatic heterocycles. The molecule has 0 saturated carbocycles. The van der Waals surface area contributed by atoms with Crippen molar-refractivity contribution in [2.45, 2.75) is 20.1 Å². The van der Waals surface area contributed by atoms with Crippen LogP contribution in [-0.4, -0.2) is 42.6 Å². The van der Waals surface area contributed by atoms with Crippen molar-refractivity contribution in [1.82, 2.24) is 4.57 Å². The Labute approximate surface area is 174 Å². The summed E-state index contributed by atoms with van der Waals surface area (Å²) >= 11 is 6.16. The van der Waals surface area contributed by atoms with Crippen molar-refractivity contribution in [1.29, 1.82) is 0 Å². The van der Waals surface area contributed by atoms with Gasteiger partial charge >= 0.3 is 5.97 Å². The van der Waals surface area contributed by atoms with Gasteiger partial charge in [-0.2, -0.15) is 0 Å². The van der Waals surface area contributed by atoms with Crippen molar-refractivity contribution >= 4 is 28.5 Å². The van der Waals surface area contributed by atoms with E-state index in [9.17, 15) is 9.90 Å². The van der Waals surface area contributed by atoms with Gasteiger partial charge < -0.3 is 23.9 Å². The molecule has 0 unspecified atom stereocenters. The van der Waals surface area contributed by atoms with Crippen LogP contribution < -0.4 is 0 Å². The SMILES string of the molecule is COCCOC(=O)c1c(C)n(CCOCc2ccccc2Cl)c2ccc(O)cc12. The fraction of sp³-hybridized carbons (Fsp3) is 0.318. The third-order valence-corrected chi connectivity index (χ3v) is 5.08. The summed E-state index contributed by atoms with van der Waals surface area (Å²) in [4.78, 5) is 12.6. The number of halogens is 1. The van der Waals surface area contributed by atoms with Gasteiger partial charge in [0.15, 0.2) is 0 Å². The molecule has 6 nitrogen and oxygen atoms in total. The van der Waals surface area contributed by atoms with E-state index in [1.807, 2.05) is 35.8 Å². The molecular formula is C22H24ClNO5. The second-order valence-corrected chi connectivity index (χ2v) is 6.99. The fourth-order valence-corrected chi connectivity index (χ4v) is 3.45.